The number of anilines is 1. The number of hydrogen-bond acceptors (Lipinski definition) is 5. The molecule has 0 aliphatic heterocycles. The molecule has 4 aromatic rings. The zero-order chi connectivity index (χ0) is 22.3. The molecule has 0 fully saturated rings. The average molecular weight is 444 g/mol. The third-order valence-corrected chi connectivity index (χ3v) is 5.59. The minimum atomic E-state index is -0.361. The summed E-state index contributed by atoms with van der Waals surface area (Å²) in [4.78, 5) is 25.0. The number of nitrogens with one attached hydrogen (secondary N) is 2. The molecule has 160 valence electrons. The molecule has 0 saturated heterocycles. The van der Waals surface area contributed by atoms with Gasteiger partial charge in [-0.2, -0.15) is 5.10 Å². The zero-order valence-corrected chi connectivity index (χ0v) is 18.2. The fourth-order valence-electron chi connectivity index (χ4n) is 3.07. The van der Waals surface area contributed by atoms with Gasteiger partial charge in [-0.3, -0.25) is 9.59 Å². The molecule has 0 saturated carbocycles. The van der Waals surface area contributed by atoms with E-state index in [1.807, 2.05) is 72.1 Å². The van der Waals surface area contributed by atoms with Gasteiger partial charge in [0.1, 0.15) is 5.75 Å². The number of benzene rings is 3. The van der Waals surface area contributed by atoms with Crippen molar-refractivity contribution in [2.24, 2.45) is 5.10 Å². The molecule has 0 unspecified atom stereocenters. The quantitative estimate of drug-likeness (QED) is 0.309. The van der Waals surface area contributed by atoms with Gasteiger partial charge in [-0.15, -0.1) is 11.3 Å². The Labute approximate surface area is 189 Å². The lowest BCUT2D eigenvalue weighted by atomic mass is 10.1. The highest BCUT2D eigenvalue weighted by Gasteiger charge is 2.08. The fraction of sp³-hybridized carbons (Fsp3) is 0.0800. The Morgan fingerprint density at radius 1 is 0.938 bits per heavy atom. The predicted octanol–water partition coefficient (Wildman–Crippen LogP) is 5.07. The van der Waals surface area contributed by atoms with Gasteiger partial charge in [0.2, 0.25) is 0 Å². The highest BCUT2D eigenvalue weighted by molar-refractivity contribution is 7.12. The maximum absolute atomic E-state index is 12.2. The molecule has 6 nitrogen and oxygen atoms in total. The number of rotatable bonds is 7. The Hall–Kier alpha value is -3.97. The summed E-state index contributed by atoms with van der Waals surface area (Å²) in [5, 5.41) is 11.0. The molecule has 3 aromatic carbocycles. The monoisotopic (exact) mass is 443 g/mol. The lowest BCUT2D eigenvalue weighted by molar-refractivity contribution is -0.123. The Bertz CT molecular complexity index is 1280. The van der Waals surface area contributed by atoms with E-state index in [1.54, 1.807) is 19.1 Å². The van der Waals surface area contributed by atoms with Crippen LogP contribution in [0.4, 0.5) is 5.69 Å². The van der Waals surface area contributed by atoms with Crippen molar-refractivity contribution < 1.29 is 14.3 Å². The van der Waals surface area contributed by atoms with Gasteiger partial charge in [0, 0.05) is 5.69 Å². The van der Waals surface area contributed by atoms with Crippen molar-refractivity contribution in [1.29, 1.82) is 0 Å². The zero-order valence-electron chi connectivity index (χ0n) is 17.4. The van der Waals surface area contributed by atoms with E-state index in [1.165, 1.54) is 11.3 Å². The van der Waals surface area contributed by atoms with Gasteiger partial charge in [-0.05, 0) is 59.0 Å². The van der Waals surface area contributed by atoms with Gasteiger partial charge in [-0.25, -0.2) is 5.43 Å². The second-order valence-electron chi connectivity index (χ2n) is 7.04. The maximum Gasteiger partial charge on any atom is 0.277 e. The summed E-state index contributed by atoms with van der Waals surface area (Å²) in [5.74, 6) is 0.0966. The SMILES string of the molecule is C/C(=N\NC(=O)COc1ccc2ccccc2c1)c1cccc(NC(=O)c2cccs2)c1. The van der Waals surface area contributed by atoms with Gasteiger partial charge >= 0.3 is 0 Å². The minimum absolute atomic E-state index is 0.147. The van der Waals surface area contributed by atoms with Crippen LogP contribution >= 0.6 is 11.3 Å². The molecule has 0 spiro atoms. The first-order valence-electron chi connectivity index (χ1n) is 9.98. The first-order valence-corrected chi connectivity index (χ1v) is 10.9. The van der Waals surface area contributed by atoms with Crippen LogP contribution in [0.2, 0.25) is 0 Å². The van der Waals surface area contributed by atoms with Crippen molar-refractivity contribution in [2.45, 2.75) is 6.92 Å². The molecule has 4 rings (SSSR count). The normalized spacial score (nSPS) is 11.2. The van der Waals surface area contributed by atoms with Gasteiger partial charge in [0.25, 0.3) is 11.8 Å². The number of fused-ring (bicyclic) bond motifs is 1. The van der Waals surface area contributed by atoms with Gasteiger partial charge < -0.3 is 10.1 Å². The van der Waals surface area contributed by atoms with Crippen LogP contribution in [0.5, 0.6) is 5.75 Å². The molecule has 2 N–H and O–H groups in total. The first kappa shape index (κ1) is 21.3. The van der Waals surface area contributed by atoms with Crippen molar-refractivity contribution in [3.8, 4) is 5.75 Å². The summed E-state index contributed by atoms with van der Waals surface area (Å²) >= 11 is 1.38. The number of ether oxygens (including phenoxy) is 1. The van der Waals surface area contributed by atoms with Crippen molar-refractivity contribution in [3.05, 3.63) is 94.7 Å². The number of nitrogens with zero attached hydrogens (tertiary/aromatic N) is 1. The molecule has 0 atom stereocenters. The summed E-state index contributed by atoms with van der Waals surface area (Å²) in [6, 6.07) is 24.5. The van der Waals surface area contributed by atoms with Crippen LogP contribution in [-0.2, 0) is 4.79 Å². The van der Waals surface area contributed by atoms with Crippen LogP contribution in [0.1, 0.15) is 22.2 Å². The molecule has 0 radical (unpaired) electrons. The third kappa shape index (κ3) is 5.39. The highest BCUT2D eigenvalue weighted by Crippen LogP contribution is 2.20. The van der Waals surface area contributed by atoms with E-state index in [-0.39, 0.29) is 18.4 Å². The maximum atomic E-state index is 12.2. The highest BCUT2D eigenvalue weighted by atomic mass is 32.1. The third-order valence-electron chi connectivity index (χ3n) is 4.72. The average Bonchev–Trinajstić information content (AvgIpc) is 3.36. The molecule has 1 heterocycles. The molecule has 0 aliphatic rings. The van der Waals surface area contributed by atoms with Gasteiger partial charge in [0.05, 0.1) is 10.6 Å². The van der Waals surface area contributed by atoms with Crippen LogP contribution in [-0.4, -0.2) is 24.1 Å². The summed E-state index contributed by atoms with van der Waals surface area (Å²) in [6.45, 7) is 1.64. The van der Waals surface area contributed by atoms with Gasteiger partial charge in [-0.1, -0.05) is 48.5 Å². The number of thiophene rings is 1. The number of carbonyl (C=O) groups excluding carboxylic acids is 2. The Morgan fingerprint density at radius 3 is 2.59 bits per heavy atom. The van der Waals surface area contributed by atoms with E-state index in [4.69, 9.17) is 4.74 Å². The molecule has 32 heavy (non-hydrogen) atoms. The number of amides is 2. The lowest BCUT2D eigenvalue weighted by Gasteiger charge is -2.08. The van der Waals surface area contributed by atoms with Crippen molar-refractivity contribution >= 4 is 45.3 Å². The Morgan fingerprint density at radius 2 is 1.78 bits per heavy atom. The Kier molecular flexibility index (Phi) is 6.57. The first-order chi connectivity index (χ1) is 15.6. The number of hydrogen-bond donors (Lipinski definition) is 2. The molecule has 7 heteroatoms. The molecule has 0 aliphatic carbocycles. The van der Waals surface area contributed by atoms with Crippen LogP contribution in [0.25, 0.3) is 10.8 Å². The van der Waals surface area contributed by atoms with E-state index >= 15 is 0 Å². The minimum Gasteiger partial charge on any atom is -0.484 e. The summed E-state index contributed by atoms with van der Waals surface area (Å²) in [6.07, 6.45) is 0. The second kappa shape index (κ2) is 9.89. The number of carbonyl (C=O) groups is 2. The van der Waals surface area contributed by atoms with E-state index < -0.39 is 0 Å². The standard InChI is InChI=1S/C25H21N3O3S/c1-17(19-8-4-9-21(14-19)26-25(30)23-10-5-13-32-23)27-28-24(29)16-31-22-12-11-18-6-2-3-7-20(18)15-22/h2-15H,16H2,1H3,(H,26,30)(H,28,29)/b27-17+. The molecular formula is C25H21N3O3S. The fourth-order valence-corrected chi connectivity index (χ4v) is 3.69. The van der Waals surface area contributed by atoms with Crippen LogP contribution < -0.4 is 15.5 Å². The predicted molar refractivity (Wildman–Crippen MR) is 129 cm³/mol. The lowest BCUT2D eigenvalue weighted by Crippen LogP contribution is -2.25. The van der Waals surface area contributed by atoms with E-state index in [0.717, 1.165) is 16.3 Å². The Balaban J connectivity index is 1.33. The van der Waals surface area contributed by atoms with Crippen LogP contribution in [0, 0.1) is 0 Å². The molecule has 0 bridgehead atoms. The largest absolute Gasteiger partial charge is 0.484 e. The van der Waals surface area contributed by atoms with E-state index in [2.05, 4.69) is 15.8 Å². The summed E-state index contributed by atoms with van der Waals surface area (Å²) in [7, 11) is 0. The molecule has 2 amide bonds. The van der Waals surface area contributed by atoms with Crippen LogP contribution in [0.3, 0.4) is 0 Å². The number of hydrazone groups is 1. The van der Waals surface area contributed by atoms with Crippen LogP contribution in [0.15, 0.2) is 89.3 Å². The van der Waals surface area contributed by atoms with Crippen molar-refractivity contribution in [1.82, 2.24) is 5.43 Å². The summed E-state index contributed by atoms with van der Waals surface area (Å²) in [5.41, 5.74) is 4.55. The van der Waals surface area contributed by atoms with Crippen molar-refractivity contribution in [3.63, 3.8) is 0 Å². The second-order valence-corrected chi connectivity index (χ2v) is 7.99. The van der Waals surface area contributed by atoms with Crippen molar-refractivity contribution in [2.75, 3.05) is 11.9 Å². The topological polar surface area (TPSA) is 79.8 Å². The smallest absolute Gasteiger partial charge is 0.277 e. The summed E-state index contributed by atoms with van der Waals surface area (Å²) < 4.78 is 5.58. The van der Waals surface area contributed by atoms with E-state index in [9.17, 15) is 9.59 Å². The molecular weight excluding hydrogens is 422 g/mol. The van der Waals surface area contributed by atoms with Gasteiger partial charge in [0.15, 0.2) is 6.61 Å². The molecule has 1 aromatic heterocycles. The van der Waals surface area contributed by atoms with E-state index in [0.29, 0.717) is 22.0 Å².